The Labute approximate surface area is 117 Å². The molecule has 6 heteroatoms. The van der Waals surface area contributed by atoms with Gasteiger partial charge in [0.15, 0.2) is 0 Å². The molecule has 1 aliphatic carbocycles. The average Bonchev–Trinajstić information content (AvgIpc) is 2.84. The van der Waals surface area contributed by atoms with Crippen molar-refractivity contribution in [1.82, 2.24) is 9.03 Å². The highest BCUT2D eigenvalue weighted by molar-refractivity contribution is 7.87. The van der Waals surface area contributed by atoms with Crippen LogP contribution < -0.4 is 10.5 Å². The molecule has 1 unspecified atom stereocenters. The molecule has 0 aromatic heterocycles. The van der Waals surface area contributed by atoms with Crippen molar-refractivity contribution in [3.63, 3.8) is 0 Å². The van der Waals surface area contributed by atoms with Crippen molar-refractivity contribution in [3.05, 3.63) is 0 Å². The van der Waals surface area contributed by atoms with Crippen LogP contribution >= 0.6 is 0 Å². The van der Waals surface area contributed by atoms with Gasteiger partial charge in [-0.05, 0) is 31.1 Å². The Morgan fingerprint density at radius 3 is 2.58 bits per heavy atom. The topological polar surface area (TPSA) is 75.4 Å². The van der Waals surface area contributed by atoms with Crippen LogP contribution in [-0.4, -0.2) is 38.4 Å². The highest BCUT2D eigenvalue weighted by Gasteiger charge is 2.34. The van der Waals surface area contributed by atoms with Gasteiger partial charge in [-0.25, -0.2) is 4.72 Å². The molecule has 1 atom stereocenters. The number of hydrogen-bond donors (Lipinski definition) is 2. The fraction of sp³-hybridized carbons (Fsp3) is 1.00. The number of hydrogen-bond acceptors (Lipinski definition) is 3. The van der Waals surface area contributed by atoms with E-state index < -0.39 is 10.2 Å². The van der Waals surface area contributed by atoms with Crippen molar-refractivity contribution in [1.29, 1.82) is 0 Å². The van der Waals surface area contributed by atoms with Crippen LogP contribution in [-0.2, 0) is 10.2 Å². The molecular weight excluding hydrogens is 262 g/mol. The summed E-state index contributed by atoms with van der Waals surface area (Å²) in [5.41, 5.74) is 5.84. The first-order valence-corrected chi connectivity index (χ1v) is 8.87. The Kier molecular flexibility index (Phi) is 4.87. The molecule has 0 spiro atoms. The number of nitrogens with zero attached hydrogens (tertiary/aromatic N) is 1. The third-order valence-electron chi connectivity index (χ3n) is 4.65. The van der Waals surface area contributed by atoms with E-state index in [2.05, 4.69) is 11.6 Å². The summed E-state index contributed by atoms with van der Waals surface area (Å²) in [4.78, 5) is 0. The van der Waals surface area contributed by atoms with Crippen LogP contribution in [0.5, 0.6) is 0 Å². The zero-order valence-corrected chi connectivity index (χ0v) is 12.7. The van der Waals surface area contributed by atoms with Crippen LogP contribution in [0.25, 0.3) is 0 Å². The van der Waals surface area contributed by atoms with Gasteiger partial charge in [0.05, 0.1) is 0 Å². The molecule has 112 valence electrons. The molecule has 1 saturated carbocycles. The predicted octanol–water partition coefficient (Wildman–Crippen LogP) is 1.21. The summed E-state index contributed by atoms with van der Waals surface area (Å²) in [6, 6.07) is -0.0253. The summed E-state index contributed by atoms with van der Waals surface area (Å²) >= 11 is 0. The number of nitrogens with one attached hydrogen (secondary N) is 1. The maximum atomic E-state index is 12.4. The molecule has 2 fully saturated rings. The first-order chi connectivity index (χ1) is 8.97. The standard InChI is InChI=1S/C13H27N3O2S/c1-13(7-3-4-8-13)11-15-19(17,18)16-9-5-2-6-12(16)10-14/h12,15H,2-11,14H2,1H3. The highest BCUT2D eigenvalue weighted by Crippen LogP contribution is 2.37. The third-order valence-corrected chi connectivity index (χ3v) is 6.25. The molecule has 0 amide bonds. The van der Waals surface area contributed by atoms with Crippen molar-refractivity contribution in [3.8, 4) is 0 Å². The van der Waals surface area contributed by atoms with E-state index >= 15 is 0 Å². The molecule has 0 aromatic carbocycles. The van der Waals surface area contributed by atoms with Gasteiger partial charge in [0.2, 0.25) is 0 Å². The van der Waals surface area contributed by atoms with Gasteiger partial charge < -0.3 is 5.73 Å². The molecular formula is C13H27N3O2S. The summed E-state index contributed by atoms with van der Waals surface area (Å²) in [6.45, 7) is 3.76. The first kappa shape index (κ1) is 15.2. The molecule has 19 heavy (non-hydrogen) atoms. The van der Waals surface area contributed by atoms with Crippen LogP contribution in [0.3, 0.4) is 0 Å². The molecule has 2 rings (SSSR count). The van der Waals surface area contributed by atoms with Gasteiger partial charge in [0.25, 0.3) is 10.2 Å². The lowest BCUT2D eigenvalue weighted by Gasteiger charge is -2.35. The van der Waals surface area contributed by atoms with Crippen LogP contribution in [0.1, 0.15) is 51.9 Å². The fourth-order valence-electron chi connectivity index (χ4n) is 3.28. The van der Waals surface area contributed by atoms with E-state index in [0.29, 0.717) is 19.6 Å². The van der Waals surface area contributed by atoms with Crippen LogP contribution in [0.15, 0.2) is 0 Å². The first-order valence-electron chi connectivity index (χ1n) is 7.43. The van der Waals surface area contributed by atoms with Gasteiger partial charge in [-0.2, -0.15) is 12.7 Å². The van der Waals surface area contributed by atoms with Gasteiger partial charge in [0, 0.05) is 25.7 Å². The summed E-state index contributed by atoms with van der Waals surface area (Å²) in [5.74, 6) is 0. The quantitative estimate of drug-likeness (QED) is 0.799. The Bertz CT molecular complexity index is 391. The minimum absolute atomic E-state index is 0.0253. The second-order valence-corrected chi connectivity index (χ2v) is 8.05. The average molecular weight is 289 g/mol. The minimum Gasteiger partial charge on any atom is -0.329 e. The van der Waals surface area contributed by atoms with Gasteiger partial charge in [-0.15, -0.1) is 0 Å². The van der Waals surface area contributed by atoms with Crippen molar-refractivity contribution in [2.75, 3.05) is 19.6 Å². The van der Waals surface area contributed by atoms with E-state index in [0.717, 1.165) is 32.1 Å². The maximum Gasteiger partial charge on any atom is 0.279 e. The lowest BCUT2D eigenvalue weighted by atomic mass is 9.89. The van der Waals surface area contributed by atoms with Gasteiger partial charge in [-0.1, -0.05) is 26.2 Å². The minimum atomic E-state index is -3.37. The number of rotatable bonds is 5. The molecule has 0 bridgehead atoms. The van der Waals surface area contributed by atoms with Crippen LogP contribution in [0.4, 0.5) is 0 Å². The smallest absolute Gasteiger partial charge is 0.279 e. The molecule has 1 heterocycles. The lowest BCUT2D eigenvalue weighted by molar-refractivity contribution is 0.250. The largest absolute Gasteiger partial charge is 0.329 e. The summed E-state index contributed by atoms with van der Waals surface area (Å²) < 4.78 is 29.2. The SMILES string of the molecule is CC1(CNS(=O)(=O)N2CCCCC2CN)CCCC1. The summed E-state index contributed by atoms with van der Waals surface area (Å²) in [5, 5.41) is 0. The zero-order chi connectivity index (χ0) is 13.9. The van der Waals surface area contributed by atoms with E-state index in [4.69, 9.17) is 5.73 Å². The molecule has 2 aliphatic rings. The molecule has 0 aromatic rings. The molecule has 1 aliphatic heterocycles. The summed E-state index contributed by atoms with van der Waals surface area (Å²) in [7, 11) is -3.37. The van der Waals surface area contributed by atoms with Gasteiger partial charge >= 0.3 is 0 Å². The monoisotopic (exact) mass is 289 g/mol. The van der Waals surface area contributed by atoms with E-state index in [1.807, 2.05) is 0 Å². The normalized spacial score (nSPS) is 28.6. The fourth-order valence-corrected chi connectivity index (χ4v) is 4.93. The van der Waals surface area contributed by atoms with Crippen LogP contribution in [0.2, 0.25) is 0 Å². The van der Waals surface area contributed by atoms with Gasteiger partial charge in [0.1, 0.15) is 0 Å². The number of nitrogens with two attached hydrogens (primary N) is 1. The van der Waals surface area contributed by atoms with Crippen molar-refractivity contribution in [2.45, 2.75) is 57.9 Å². The number of piperidine rings is 1. The Morgan fingerprint density at radius 2 is 1.95 bits per heavy atom. The van der Waals surface area contributed by atoms with Gasteiger partial charge in [-0.3, -0.25) is 0 Å². The van der Waals surface area contributed by atoms with Crippen molar-refractivity contribution in [2.24, 2.45) is 11.1 Å². The second kappa shape index (κ2) is 6.08. The summed E-state index contributed by atoms with van der Waals surface area (Å²) in [6.07, 6.45) is 7.57. The zero-order valence-electron chi connectivity index (χ0n) is 11.9. The Morgan fingerprint density at radius 1 is 1.26 bits per heavy atom. The predicted molar refractivity (Wildman–Crippen MR) is 76.9 cm³/mol. The molecule has 3 N–H and O–H groups in total. The van der Waals surface area contributed by atoms with E-state index in [1.54, 1.807) is 4.31 Å². The second-order valence-electron chi connectivity index (χ2n) is 6.34. The van der Waals surface area contributed by atoms with E-state index in [-0.39, 0.29) is 11.5 Å². The van der Waals surface area contributed by atoms with Crippen molar-refractivity contribution >= 4 is 10.2 Å². The maximum absolute atomic E-state index is 12.4. The van der Waals surface area contributed by atoms with E-state index in [1.165, 1.54) is 12.8 Å². The molecule has 0 radical (unpaired) electrons. The highest BCUT2D eigenvalue weighted by atomic mass is 32.2. The Balaban J connectivity index is 1.96. The Hall–Kier alpha value is -0.170. The van der Waals surface area contributed by atoms with Crippen LogP contribution in [0, 0.1) is 5.41 Å². The molecule has 1 saturated heterocycles. The molecule has 5 nitrogen and oxygen atoms in total. The van der Waals surface area contributed by atoms with Crippen molar-refractivity contribution < 1.29 is 8.42 Å². The lowest BCUT2D eigenvalue weighted by Crippen LogP contribution is -2.52. The van der Waals surface area contributed by atoms with E-state index in [9.17, 15) is 8.42 Å². The third kappa shape index (κ3) is 3.68.